The highest BCUT2D eigenvalue weighted by atomic mass is 16.5. The van der Waals surface area contributed by atoms with Crippen LogP contribution in [0.25, 0.3) is 0 Å². The molecule has 0 aliphatic carbocycles. The second kappa shape index (κ2) is 34.4. The zero-order valence-electron chi connectivity index (χ0n) is 33.2. The molecule has 0 saturated heterocycles. The summed E-state index contributed by atoms with van der Waals surface area (Å²) < 4.78 is 15.2. The van der Waals surface area contributed by atoms with Gasteiger partial charge in [-0.1, -0.05) is 165 Å². The van der Waals surface area contributed by atoms with Crippen LogP contribution < -0.4 is 9.13 Å². The Morgan fingerprint density at radius 1 is 0.431 bits per heavy atom. The van der Waals surface area contributed by atoms with Gasteiger partial charge in [-0.3, -0.25) is 0 Å². The minimum absolute atomic E-state index is 0.762. The second-order valence-electron chi connectivity index (χ2n) is 14.8. The number of unbranched alkanes of at least 4 members (excludes halogenated alkanes) is 24. The van der Waals surface area contributed by atoms with Crippen LogP contribution in [0.15, 0.2) is 87.1 Å². The first-order valence-electron chi connectivity index (χ1n) is 21.5. The number of imidazole rings is 2. The molecular weight excluding hydrogens is 625 g/mol. The molecule has 0 spiro atoms. The summed E-state index contributed by atoms with van der Waals surface area (Å²) >= 11 is 0. The largest absolute Gasteiger partial charge is 0.373 e. The number of nitrogens with zero attached hydrogens (tertiary/aromatic N) is 4. The van der Waals surface area contributed by atoms with Gasteiger partial charge < -0.3 is 4.74 Å². The van der Waals surface area contributed by atoms with Crippen LogP contribution in [0.4, 0.5) is 0 Å². The molecule has 0 amide bonds. The van der Waals surface area contributed by atoms with Crippen molar-refractivity contribution < 1.29 is 13.9 Å². The maximum Gasteiger partial charge on any atom is 0.243 e. The minimum atomic E-state index is 0.762. The highest BCUT2D eigenvalue weighted by Gasteiger charge is 2.06. The van der Waals surface area contributed by atoms with E-state index in [2.05, 4.69) is 93.2 Å². The molecule has 0 atom stereocenters. The van der Waals surface area contributed by atoms with Crippen molar-refractivity contribution in [1.82, 2.24) is 9.13 Å². The number of rotatable bonds is 38. The van der Waals surface area contributed by atoms with E-state index in [0.717, 1.165) is 39.4 Å². The van der Waals surface area contributed by atoms with Crippen LogP contribution in [0, 0.1) is 0 Å². The van der Waals surface area contributed by atoms with Crippen molar-refractivity contribution >= 4 is 0 Å². The van der Waals surface area contributed by atoms with Gasteiger partial charge in [0.25, 0.3) is 0 Å². The summed E-state index contributed by atoms with van der Waals surface area (Å²) in [5.41, 5.74) is 0. The first-order valence-corrected chi connectivity index (χ1v) is 21.5. The van der Waals surface area contributed by atoms with E-state index in [-0.39, 0.29) is 0 Å². The van der Waals surface area contributed by atoms with Crippen LogP contribution >= 0.6 is 0 Å². The van der Waals surface area contributed by atoms with Gasteiger partial charge in [-0.2, -0.15) is 0 Å². The molecule has 0 N–H and O–H groups in total. The van der Waals surface area contributed by atoms with Crippen molar-refractivity contribution in [3.8, 4) is 0 Å². The summed E-state index contributed by atoms with van der Waals surface area (Å²) in [6.45, 7) is 13.1. The van der Waals surface area contributed by atoms with E-state index in [0.29, 0.717) is 0 Å². The van der Waals surface area contributed by atoms with E-state index in [4.69, 9.17) is 4.74 Å². The molecule has 2 rings (SSSR count). The molecule has 2 aromatic heterocycles. The van der Waals surface area contributed by atoms with E-state index in [1.165, 1.54) is 167 Å². The Kier molecular flexibility index (Phi) is 30.0. The molecule has 5 heteroatoms. The van der Waals surface area contributed by atoms with Crippen molar-refractivity contribution in [3.63, 3.8) is 0 Å². The molecule has 0 aromatic carbocycles. The Hall–Kier alpha value is -2.66. The number of allylic oxidation sites excluding steroid dienone is 6. The van der Waals surface area contributed by atoms with Gasteiger partial charge in [0.15, 0.2) is 0 Å². The van der Waals surface area contributed by atoms with Crippen molar-refractivity contribution in [2.24, 2.45) is 0 Å². The Balaban J connectivity index is 1.32. The van der Waals surface area contributed by atoms with Crippen LogP contribution in [0.3, 0.4) is 0 Å². The third-order valence-electron chi connectivity index (χ3n) is 10.1. The van der Waals surface area contributed by atoms with Gasteiger partial charge in [-0.05, 0) is 51.4 Å². The maximum atomic E-state index is 5.98. The molecule has 0 aliphatic rings. The standard InChI is InChI=1S/C46H80N4O/c1-3-5-7-9-11-13-15-17-19-21-23-25-27-29-31-33-35-47-37-39-49(45-47)41-43-51-44-42-50-40-38-48(46-50)36-34-32-30-28-26-24-22-20-18-16-14-12-10-8-6-4-2/h3-8,37-40,45-46H,1-2,9-36,41-44H2/q+2. The Labute approximate surface area is 315 Å². The molecule has 0 unspecified atom stereocenters. The Morgan fingerprint density at radius 2 is 0.745 bits per heavy atom. The molecule has 288 valence electrons. The number of hydrogen-bond donors (Lipinski definition) is 0. The normalized spacial score (nSPS) is 11.8. The lowest BCUT2D eigenvalue weighted by atomic mass is 10.0. The quantitative estimate of drug-likeness (QED) is 0.0388. The smallest absolute Gasteiger partial charge is 0.243 e. The monoisotopic (exact) mass is 705 g/mol. The number of ether oxygens (including phenoxy) is 1. The average Bonchev–Trinajstić information content (AvgIpc) is 3.80. The molecule has 5 nitrogen and oxygen atoms in total. The van der Waals surface area contributed by atoms with Gasteiger partial charge in [0, 0.05) is 0 Å². The second-order valence-corrected chi connectivity index (χ2v) is 14.8. The molecule has 0 fully saturated rings. The fraction of sp³-hybridized carbons (Fsp3) is 0.696. The zero-order valence-corrected chi connectivity index (χ0v) is 33.2. The van der Waals surface area contributed by atoms with E-state index in [1.54, 1.807) is 0 Å². The van der Waals surface area contributed by atoms with E-state index < -0.39 is 0 Å². The number of aromatic nitrogens is 4. The average molecular weight is 705 g/mol. The SMILES string of the molecule is C=CC=CCCCCCCCCCCCCCC[n+]1ccn(CCOCCn2cc[n+](CCCCCCCCCCCCCCC=CC=C)c2)c1. The summed E-state index contributed by atoms with van der Waals surface area (Å²) in [6.07, 6.45) is 61.3. The third kappa shape index (κ3) is 27.6. The molecule has 0 saturated carbocycles. The van der Waals surface area contributed by atoms with Gasteiger partial charge in [-0.25, -0.2) is 18.3 Å². The lowest BCUT2D eigenvalue weighted by Crippen LogP contribution is -2.31. The van der Waals surface area contributed by atoms with Crippen LogP contribution in [0.5, 0.6) is 0 Å². The summed E-state index contributed by atoms with van der Waals surface area (Å²) in [4.78, 5) is 0. The number of hydrogen-bond acceptors (Lipinski definition) is 1. The molecule has 2 heterocycles. The van der Waals surface area contributed by atoms with Crippen LogP contribution in [-0.4, -0.2) is 22.3 Å². The summed E-state index contributed by atoms with van der Waals surface area (Å²) in [7, 11) is 0. The van der Waals surface area contributed by atoms with Crippen LogP contribution in [0.1, 0.15) is 167 Å². The molecular formula is C46H80N4O+2. The van der Waals surface area contributed by atoms with Gasteiger partial charge >= 0.3 is 0 Å². The predicted molar refractivity (Wildman–Crippen MR) is 219 cm³/mol. The van der Waals surface area contributed by atoms with Crippen LogP contribution in [0.2, 0.25) is 0 Å². The van der Waals surface area contributed by atoms with Crippen molar-refractivity contribution in [2.45, 2.75) is 193 Å². The van der Waals surface area contributed by atoms with Crippen molar-refractivity contribution in [3.05, 3.63) is 87.1 Å². The van der Waals surface area contributed by atoms with Gasteiger partial charge in [-0.15, -0.1) is 0 Å². The first kappa shape index (κ1) is 44.5. The van der Waals surface area contributed by atoms with Gasteiger partial charge in [0.05, 0.1) is 26.3 Å². The Morgan fingerprint density at radius 3 is 1.08 bits per heavy atom. The summed E-state index contributed by atoms with van der Waals surface area (Å²) in [5, 5.41) is 0. The van der Waals surface area contributed by atoms with Crippen molar-refractivity contribution in [1.29, 1.82) is 0 Å². The fourth-order valence-electron chi connectivity index (χ4n) is 6.88. The molecule has 2 aromatic rings. The molecule has 0 radical (unpaired) electrons. The van der Waals surface area contributed by atoms with Gasteiger partial charge in [0.2, 0.25) is 12.7 Å². The van der Waals surface area contributed by atoms with Crippen LogP contribution in [-0.2, 0) is 30.9 Å². The Bertz CT molecular complexity index is 1030. The first-order chi connectivity index (χ1) is 25.3. The summed E-state index contributed by atoms with van der Waals surface area (Å²) in [6, 6.07) is 0. The van der Waals surface area contributed by atoms with Gasteiger partial charge in [0.1, 0.15) is 37.9 Å². The predicted octanol–water partition coefficient (Wildman–Crippen LogP) is 12.2. The molecule has 0 aliphatic heterocycles. The number of aryl methyl sites for hydroxylation is 2. The van der Waals surface area contributed by atoms with E-state index in [9.17, 15) is 0 Å². The maximum absolute atomic E-state index is 5.98. The zero-order chi connectivity index (χ0) is 36.1. The highest BCUT2D eigenvalue weighted by Crippen LogP contribution is 2.14. The van der Waals surface area contributed by atoms with Crippen molar-refractivity contribution in [2.75, 3.05) is 13.2 Å². The fourth-order valence-corrected chi connectivity index (χ4v) is 6.88. The lowest BCUT2D eigenvalue weighted by Gasteiger charge is -2.03. The molecule has 51 heavy (non-hydrogen) atoms. The third-order valence-corrected chi connectivity index (χ3v) is 10.1. The van der Waals surface area contributed by atoms with E-state index >= 15 is 0 Å². The molecule has 0 bridgehead atoms. The topological polar surface area (TPSA) is 26.8 Å². The summed E-state index contributed by atoms with van der Waals surface area (Å²) in [5.74, 6) is 0. The highest BCUT2D eigenvalue weighted by molar-refractivity contribution is 4.97. The minimum Gasteiger partial charge on any atom is -0.373 e. The lowest BCUT2D eigenvalue weighted by molar-refractivity contribution is -0.697. The van der Waals surface area contributed by atoms with E-state index in [1.807, 2.05) is 12.2 Å².